The third-order valence-electron chi connectivity index (χ3n) is 4.48. The lowest BCUT2D eigenvalue weighted by Gasteiger charge is -2.23. The molecule has 0 amide bonds. The number of halogens is 1. The maximum atomic E-state index is 4.40. The first-order valence-corrected chi connectivity index (χ1v) is 9.46. The summed E-state index contributed by atoms with van der Waals surface area (Å²) in [7, 11) is 3.95. The average molecular weight is 393 g/mol. The van der Waals surface area contributed by atoms with Gasteiger partial charge < -0.3 is 15.1 Å². The molecule has 1 atom stereocenters. The van der Waals surface area contributed by atoms with Crippen LogP contribution in [-0.2, 0) is 0 Å². The quantitative estimate of drug-likeness (QED) is 0.331. The molecule has 0 radical (unpaired) electrons. The maximum Gasteiger partial charge on any atom is 0.193 e. The lowest BCUT2D eigenvalue weighted by atomic mass is 10.1. The zero-order valence-electron chi connectivity index (χ0n) is 14.8. The number of nitrogens with one attached hydrogen (secondary N) is 1. The van der Waals surface area contributed by atoms with Crippen molar-refractivity contribution in [1.82, 2.24) is 10.2 Å². The minimum Gasteiger partial charge on any atom is -0.371 e. The third kappa shape index (κ3) is 5.55. The van der Waals surface area contributed by atoms with Crippen LogP contribution in [0.4, 0.5) is 5.69 Å². The van der Waals surface area contributed by atoms with Crippen LogP contribution in [0.1, 0.15) is 19.3 Å². The fraction of sp³-hybridized carbons (Fsp3) is 0.526. The van der Waals surface area contributed by atoms with Crippen molar-refractivity contribution in [2.24, 2.45) is 10.9 Å². The standard InChI is InChI=1S/C19H29BrN4/c1-4-5-6-11-23(3)19(21-2)22-14-16-10-12-24(15-16)18-9-7-8-17(20)13-18/h4,7-9,13,16H,1,5-6,10-12,14-15H2,2-3H3,(H,21,22). The molecule has 1 aromatic rings. The van der Waals surface area contributed by atoms with Crippen LogP contribution in [0, 0.1) is 5.92 Å². The number of hydrogen-bond acceptors (Lipinski definition) is 2. The zero-order valence-corrected chi connectivity index (χ0v) is 16.4. The molecule has 1 aliphatic rings. The number of rotatable bonds is 7. The molecule has 2 rings (SSSR count). The maximum absolute atomic E-state index is 4.40. The van der Waals surface area contributed by atoms with Gasteiger partial charge in [-0.2, -0.15) is 0 Å². The van der Waals surface area contributed by atoms with Gasteiger partial charge >= 0.3 is 0 Å². The Hall–Kier alpha value is -1.49. The third-order valence-corrected chi connectivity index (χ3v) is 4.98. The lowest BCUT2D eigenvalue weighted by molar-refractivity contribution is 0.458. The van der Waals surface area contributed by atoms with E-state index >= 15 is 0 Å². The first-order valence-electron chi connectivity index (χ1n) is 8.67. The first kappa shape index (κ1) is 18.8. The smallest absolute Gasteiger partial charge is 0.193 e. The molecule has 1 unspecified atom stereocenters. The van der Waals surface area contributed by atoms with E-state index in [4.69, 9.17) is 0 Å². The number of benzene rings is 1. The number of anilines is 1. The molecule has 1 saturated heterocycles. The largest absolute Gasteiger partial charge is 0.371 e. The molecule has 1 fully saturated rings. The first-order chi connectivity index (χ1) is 11.6. The van der Waals surface area contributed by atoms with Gasteiger partial charge in [-0.1, -0.05) is 28.1 Å². The highest BCUT2D eigenvalue weighted by Crippen LogP contribution is 2.25. The van der Waals surface area contributed by atoms with E-state index < -0.39 is 0 Å². The minimum absolute atomic E-state index is 0.655. The fourth-order valence-electron chi connectivity index (χ4n) is 3.11. The number of aliphatic imine (C=N–C) groups is 1. The highest BCUT2D eigenvalue weighted by atomic mass is 79.9. The molecule has 1 aliphatic heterocycles. The minimum atomic E-state index is 0.655. The molecule has 1 N–H and O–H groups in total. The predicted octanol–water partition coefficient (Wildman–Crippen LogP) is 3.75. The summed E-state index contributed by atoms with van der Waals surface area (Å²) in [5, 5.41) is 3.54. The van der Waals surface area contributed by atoms with Gasteiger partial charge in [-0.05, 0) is 43.4 Å². The Morgan fingerprint density at radius 3 is 3.08 bits per heavy atom. The van der Waals surface area contributed by atoms with Crippen LogP contribution in [0.3, 0.4) is 0 Å². The second kappa shape index (κ2) is 9.72. The van der Waals surface area contributed by atoms with Gasteiger partial charge in [0.1, 0.15) is 0 Å². The molecule has 0 aliphatic carbocycles. The molecule has 132 valence electrons. The summed E-state index contributed by atoms with van der Waals surface area (Å²) in [4.78, 5) is 9.07. The van der Waals surface area contributed by atoms with Gasteiger partial charge in [0, 0.05) is 50.4 Å². The molecule has 0 bridgehead atoms. The second-order valence-electron chi connectivity index (χ2n) is 6.36. The summed E-state index contributed by atoms with van der Waals surface area (Å²) in [6, 6.07) is 8.56. The van der Waals surface area contributed by atoms with Crippen LogP contribution < -0.4 is 10.2 Å². The molecule has 0 saturated carbocycles. The van der Waals surface area contributed by atoms with Gasteiger partial charge in [-0.15, -0.1) is 6.58 Å². The monoisotopic (exact) mass is 392 g/mol. The number of unbranched alkanes of at least 4 members (excludes halogenated alkanes) is 1. The Bertz CT molecular complexity index is 558. The van der Waals surface area contributed by atoms with Crippen molar-refractivity contribution in [1.29, 1.82) is 0 Å². The zero-order chi connectivity index (χ0) is 17.4. The lowest BCUT2D eigenvalue weighted by Crippen LogP contribution is -2.41. The number of nitrogens with zero attached hydrogens (tertiary/aromatic N) is 3. The molecule has 5 heteroatoms. The summed E-state index contributed by atoms with van der Waals surface area (Å²) >= 11 is 3.56. The molecule has 4 nitrogen and oxygen atoms in total. The van der Waals surface area contributed by atoms with E-state index in [1.807, 2.05) is 13.1 Å². The van der Waals surface area contributed by atoms with E-state index in [0.717, 1.165) is 49.5 Å². The van der Waals surface area contributed by atoms with Crippen LogP contribution in [0.25, 0.3) is 0 Å². The van der Waals surface area contributed by atoms with Gasteiger partial charge in [-0.3, -0.25) is 4.99 Å². The van der Waals surface area contributed by atoms with Crippen LogP contribution >= 0.6 is 15.9 Å². The SMILES string of the molecule is C=CCCCN(C)C(=NC)NCC1CCN(c2cccc(Br)c2)C1. The van der Waals surface area contributed by atoms with Gasteiger partial charge in [-0.25, -0.2) is 0 Å². The molecule has 24 heavy (non-hydrogen) atoms. The van der Waals surface area contributed by atoms with Gasteiger partial charge in [0.25, 0.3) is 0 Å². The van der Waals surface area contributed by atoms with E-state index in [0.29, 0.717) is 5.92 Å². The van der Waals surface area contributed by atoms with Crippen molar-refractivity contribution in [3.63, 3.8) is 0 Å². The van der Waals surface area contributed by atoms with E-state index in [2.05, 4.69) is 73.9 Å². The normalized spacial score (nSPS) is 17.9. The van der Waals surface area contributed by atoms with Crippen molar-refractivity contribution < 1.29 is 0 Å². The summed E-state index contributed by atoms with van der Waals surface area (Å²) < 4.78 is 1.14. The predicted molar refractivity (Wildman–Crippen MR) is 108 cm³/mol. The molecule has 0 spiro atoms. The Morgan fingerprint density at radius 2 is 2.38 bits per heavy atom. The van der Waals surface area contributed by atoms with Crippen molar-refractivity contribution in [2.75, 3.05) is 45.2 Å². The van der Waals surface area contributed by atoms with Crippen LogP contribution in [0.15, 0.2) is 46.4 Å². The Morgan fingerprint density at radius 1 is 1.54 bits per heavy atom. The van der Waals surface area contributed by atoms with Gasteiger partial charge in [0.15, 0.2) is 5.96 Å². The van der Waals surface area contributed by atoms with Crippen molar-refractivity contribution >= 4 is 27.6 Å². The topological polar surface area (TPSA) is 30.9 Å². The Balaban J connectivity index is 1.79. The van der Waals surface area contributed by atoms with E-state index in [1.54, 1.807) is 0 Å². The van der Waals surface area contributed by atoms with E-state index in [9.17, 15) is 0 Å². The van der Waals surface area contributed by atoms with E-state index in [-0.39, 0.29) is 0 Å². The van der Waals surface area contributed by atoms with Crippen LogP contribution in [0.2, 0.25) is 0 Å². The Labute approximate surface area is 154 Å². The highest BCUT2D eigenvalue weighted by Gasteiger charge is 2.23. The van der Waals surface area contributed by atoms with E-state index in [1.165, 1.54) is 12.1 Å². The highest BCUT2D eigenvalue weighted by molar-refractivity contribution is 9.10. The number of guanidine groups is 1. The molecule has 0 aromatic heterocycles. The van der Waals surface area contributed by atoms with Crippen molar-refractivity contribution in [3.05, 3.63) is 41.4 Å². The summed E-state index contributed by atoms with van der Waals surface area (Å²) in [5.41, 5.74) is 1.30. The number of allylic oxidation sites excluding steroid dienone is 1. The van der Waals surface area contributed by atoms with Gasteiger partial charge in [0.2, 0.25) is 0 Å². The van der Waals surface area contributed by atoms with Crippen LogP contribution in [0.5, 0.6) is 0 Å². The van der Waals surface area contributed by atoms with Crippen LogP contribution in [-0.4, -0.2) is 51.1 Å². The second-order valence-corrected chi connectivity index (χ2v) is 7.28. The van der Waals surface area contributed by atoms with Crippen molar-refractivity contribution in [3.8, 4) is 0 Å². The molecular formula is C19H29BrN4. The number of hydrogen-bond donors (Lipinski definition) is 1. The average Bonchev–Trinajstić information content (AvgIpc) is 3.05. The molecular weight excluding hydrogens is 364 g/mol. The molecule has 1 heterocycles. The summed E-state index contributed by atoms with van der Waals surface area (Å²) in [5.74, 6) is 1.64. The Kier molecular flexibility index (Phi) is 7.63. The van der Waals surface area contributed by atoms with Gasteiger partial charge in [0.05, 0.1) is 0 Å². The van der Waals surface area contributed by atoms with Crippen molar-refractivity contribution in [2.45, 2.75) is 19.3 Å². The summed E-state index contributed by atoms with van der Waals surface area (Å²) in [6.07, 6.45) is 5.35. The summed E-state index contributed by atoms with van der Waals surface area (Å²) in [6.45, 7) is 7.97. The fourth-order valence-corrected chi connectivity index (χ4v) is 3.49. The molecule has 1 aromatic carbocycles.